The normalized spacial score (nSPS) is 29.6. The van der Waals surface area contributed by atoms with Crippen LogP contribution in [0, 0.1) is 0 Å². The van der Waals surface area contributed by atoms with Crippen molar-refractivity contribution in [2.45, 2.75) is 56.5 Å². The molecule has 1 aromatic rings. The molecule has 1 saturated heterocycles. The molecule has 0 radical (unpaired) electrons. The second-order valence-corrected chi connectivity index (χ2v) is 8.02. The molecule has 1 spiro atoms. The number of nitrogens with one attached hydrogen (secondary N) is 1. The number of likely N-dealkylation sites (N-methyl/N-ethyl adjacent to an activating group) is 1. The second-order valence-electron chi connectivity index (χ2n) is 8.02. The summed E-state index contributed by atoms with van der Waals surface area (Å²) in [5.74, 6) is 0.580. The lowest BCUT2D eigenvalue weighted by Crippen LogP contribution is -2.46. The van der Waals surface area contributed by atoms with Crippen molar-refractivity contribution in [3.05, 3.63) is 17.8 Å². The zero-order valence-corrected chi connectivity index (χ0v) is 16.5. The summed E-state index contributed by atoms with van der Waals surface area (Å²) in [6.07, 6.45) is 3.39. The maximum atomic E-state index is 12.8. The van der Waals surface area contributed by atoms with E-state index in [4.69, 9.17) is 4.74 Å². The molecule has 152 valence electrons. The quantitative estimate of drug-likeness (QED) is 0.822. The number of rotatable bonds is 4. The van der Waals surface area contributed by atoms with Gasteiger partial charge in [-0.3, -0.25) is 9.69 Å². The van der Waals surface area contributed by atoms with Gasteiger partial charge in [0.2, 0.25) is 11.8 Å². The third-order valence-electron chi connectivity index (χ3n) is 6.76. The van der Waals surface area contributed by atoms with Gasteiger partial charge in [-0.15, -0.1) is 0 Å². The number of pyridine rings is 1. The number of carbonyl (C=O) groups excluding carboxylic acids is 1. The molecule has 1 atom stereocenters. The van der Waals surface area contributed by atoms with Gasteiger partial charge in [0.1, 0.15) is 0 Å². The number of carbonyl (C=O) groups is 2. The third-order valence-corrected chi connectivity index (χ3v) is 6.76. The van der Waals surface area contributed by atoms with Crippen LogP contribution in [0.1, 0.15) is 44.7 Å². The summed E-state index contributed by atoms with van der Waals surface area (Å²) in [6, 6.07) is 4.11. The minimum atomic E-state index is -0.837. The van der Waals surface area contributed by atoms with Gasteiger partial charge in [0, 0.05) is 37.8 Å². The number of likely N-dealkylation sites (tertiary alicyclic amines) is 1. The summed E-state index contributed by atoms with van der Waals surface area (Å²) in [5.41, 5.74) is 1.05. The number of hydrogen-bond acceptors (Lipinski definition) is 5. The zero-order valence-electron chi connectivity index (χ0n) is 16.5. The second kappa shape index (κ2) is 7.24. The molecule has 3 aliphatic rings. The van der Waals surface area contributed by atoms with E-state index in [9.17, 15) is 14.7 Å². The van der Waals surface area contributed by atoms with Crippen molar-refractivity contribution in [3.63, 3.8) is 0 Å². The van der Waals surface area contributed by atoms with Crippen LogP contribution >= 0.6 is 0 Å². The minimum absolute atomic E-state index is 0.0454. The van der Waals surface area contributed by atoms with Gasteiger partial charge < -0.3 is 20.1 Å². The first kappa shape index (κ1) is 19.0. The van der Waals surface area contributed by atoms with Crippen molar-refractivity contribution in [1.29, 1.82) is 0 Å². The highest BCUT2D eigenvalue weighted by Gasteiger charge is 2.51. The maximum Gasteiger partial charge on any atom is 0.407 e. The molecule has 0 bridgehead atoms. The van der Waals surface area contributed by atoms with E-state index in [0.29, 0.717) is 18.5 Å². The highest BCUT2D eigenvalue weighted by atomic mass is 16.5. The predicted octanol–water partition coefficient (Wildman–Crippen LogP) is 2.30. The van der Waals surface area contributed by atoms with Crippen LogP contribution in [-0.4, -0.2) is 70.7 Å². The molecule has 2 amide bonds. The van der Waals surface area contributed by atoms with Crippen LogP contribution in [0.3, 0.4) is 0 Å². The van der Waals surface area contributed by atoms with Gasteiger partial charge >= 0.3 is 6.09 Å². The molecule has 1 aliphatic carbocycles. The Labute approximate surface area is 164 Å². The Bertz CT molecular complexity index is 775. The molecule has 4 rings (SSSR count). The SMILES string of the molecule is CCN(C(=O)O)[C@H]1CCN(C2CCC3(CC2)C(=O)Nc2ccc(OC)nc23)C1. The van der Waals surface area contributed by atoms with Crippen molar-refractivity contribution in [3.8, 4) is 5.88 Å². The molecule has 28 heavy (non-hydrogen) atoms. The standard InChI is InChI=1S/C20H28N4O4/c1-3-24(19(26)27)14-8-11-23(12-14)13-6-9-20(10-7-13)17-15(21-18(20)25)4-5-16(22-17)28-2/h4-5,13-14H,3,6-12H2,1-2H3,(H,21,25)(H,26,27)/t13?,14-,20?/m0/s1. The van der Waals surface area contributed by atoms with E-state index in [-0.39, 0.29) is 11.9 Å². The minimum Gasteiger partial charge on any atom is -0.481 e. The van der Waals surface area contributed by atoms with Crippen LogP contribution < -0.4 is 10.1 Å². The van der Waals surface area contributed by atoms with E-state index in [1.165, 1.54) is 0 Å². The van der Waals surface area contributed by atoms with Gasteiger partial charge in [0.15, 0.2) is 0 Å². The monoisotopic (exact) mass is 388 g/mol. The summed E-state index contributed by atoms with van der Waals surface area (Å²) in [5, 5.41) is 12.4. The molecule has 8 nitrogen and oxygen atoms in total. The molecule has 0 unspecified atom stereocenters. The summed E-state index contributed by atoms with van der Waals surface area (Å²) in [7, 11) is 1.59. The third kappa shape index (κ3) is 2.99. The Kier molecular flexibility index (Phi) is 4.91. The van der Waals surface area contributed by atoms with Crippen LogP contribution in [0.4, 0.5) is 10.5 Å². The van der Waals surface area contributed by atoms with Gasteiger partial charge in [0.05, 0.1) is 23.9 Å². The largest absolute Gasteiger partial charge is 0.481 e. The fourth-order valence-corrected chi connectivity index (χ4v) is 5.20. The molecular formula is C20H28N4O4. The van der Waals surface area contributed by atoms with Crippen LogP contribution in [0.5, 0.6) is 5.88 Å². The lowest BCUT2D eigenvalue weighted by molar-refractivity contribution is -0.122. The molecule has 8 heteroatoms. The van der Waals surface area contributed by atoms with Crippen molar-refractivity contribution in [1.82, 2.24) is 14.8 Å². The molecule has 0 aromatic carbocycles. The number of aromatic nitrogens is 1. The highest BCUT2D eigenvalue weighted by Crippen LogP contribution is 2.48. The Morgan fingerprint density at radius 2 is 2.14 bits per heavy atom. The number of methoxy groups -OCH3 is 1. The van der Waals surface area contributed by atoms with Crippen LogP contribution in [0.2, 0.25) is 0 Å². The molecular weight excluding hydrogens is 360 g/mol. The number of ether oxygens (including phenoxy) is 1. The number of anilines is 1. The molecule has 2 fully saturated rings. The average molecular weight is 388 g/mol. The fourth-order valence-electron chi connectivity index (χ4n) is 5.20. The topological polar surface area (TPSA) is 95.0 Å². The van der Waals surface area contributed by atoms with Crippen molar-refractivity contribution in [2.75, 3.05) is 32.1 Å². The van der Waals surface area contributed by atoms with Gasteiger partial charge in [-0.2, -0.15) is 0 Å². The molecule has 2 N–H and O–H groups in total. The van der Waals surface area contributed by atoms with E-state index in [1.807, 2.05) is 13.0 Å². The first-order valence-corrected chi connectivity index (χ1v) is 10.1. The van der Waals surface area contributed by atoms with E-state index < -0.39 is 11.5 Å². The van der Waals surface area contributed by atoms with Crippen LogP contribution in [0.25, 0.3) is 0 Å². The molecule has 1 saturated carbocycles. The smallest absolute Gasteiger partial charge is 0.407 e. The number of hydrogen-bond donors (Lipinski definition) is 2. The van der Waals surface area contributed by atoms with E-state index in [1.54, 1.807) is 18.1 Å². The first-order valence-electron chi connectivity index (χ1n) is 10.1. The van der Waals surface area contributed by atoms with E-state index >= 15 is 0 Å². The van der Waals surface area contributed by atoms with Gasteiger partial charge in [-0.25, -0.2) is 9.78 Å². The summed E-state index contributed by atoms with van der Waals surface area (Å²) >= 11 is 0. The number of fused-ring (bicyclic) bond motifs is 2. The van der Waals surface area contributed by atoms with Crippen LogP contribution in [-0.2, 0) is 10.2 Å². The molecule has 2 aliphatic heterocycles. The summed E-state index contributed by atoms with van der Waals surface area (Å²) in [6.45, 7) is 4.11. The predicted molar refractivity (Wildman–Crippen MR) is 104 cm³/mol. The molecule has 1 aromatic heterocycles. The summed E-state index contributed by atoms with van der Waals surface area (Å²) in [4.78, 5) is 32.8. The molecule has 3 heterocycles. The van der Waals surface area contributed by atoms with Gasteiger partial charge in [-0.1, -0.05) is 0 Å². The Balaban J connectivity index is 1.45. The van der Waals surface area contributed by atoms with Gasteiger partial charge in [-0.05, 0) is 45.1 Å². The lowest BCUT2D eigenvalue weighted by atomic mass is 9.70. The van der Waals surface area contributed by atoms with E-state index in [2.05, 4.69) is 15.2 Å². The zero-order chi connectivity index (χ0) is 19.9. The fraction of sp³-hybridized carbons (Fsp3) is 0.650. The Morgan fingerprint density at radius 1 is 1.39 bits per heavy atom. The lowest BCUT2D eigenvalue weighted by Gasteiger charge is -2.39. The Hall–Kier alpha value is -2.35. The van der Waals surface area contributed by atoms with Gasteiger partial charge in [0.25, 0.3) is 0 Å². The van der Waals surface area contributed by atoms with Crippen LogP contribution in [0.15, 0.2) is 12.1 Å². The van der Waals surface area contributed by atoms with Crippen molar-refractivity contribution < 1.29 is 19.4 Å². The number of amides is 2. The Morgan fingerprint density at radius 3 is 2.79 bits per heavy atom. The number of nitrogens with zero attached hydrogens (tertiary/aromatic N) is 3. The summed E-state index contributed by atoms with van der Waals surface area (Å²) < 4.78 is 5.26. The van der Waals surface area contributed by atoms with Crippen molar-refractivity contribution in [2.24, 2.45) is 0 Å². The number of carboxylic acid groups (broad SMARTS) is 1. The first-order chi connectivity index (χ1) is 13.5. The maximum absolute atomic E-state index is 12.8. The highest BCUT2D eigenvalue weighted by molar-refractivity contribution is 6.05. The van der Waals surface area contributed by atoms with E-state index in [0.717, 1.165) is 56.6 Å². The average Bonchev–Trinajstić information content (AvgIpc) is 3.27. The van der Waals surface area contributed by atoms with Crippen molar-refractivity contribution >= 4 is 17.7 Å².